The summed E-state index contributed by atoms with van der Waals surface area (Å²) >= 11 is 3.69. The van der Waals surface area contributed by atoms with Crippen LogP contribution in [0.25, 0.3) is 0 Å². The second-order valence-corrected chi connectivity index (χ2v) is 6.18. The van der Waals surface area contributed by atoms with Gasteiger partial charge in [-0.05, 0) is 37.0 Å². The largest absolute Gasteiger partial charge is 0.338 e. The van der Waals surface area contributed by atoms with Crippen LogP contribution in [0.4, 0.5) is 0 Å². The zero-order valence-electron chi connectivity index (χ0n) is 9.39. The molecule has 2 atom stereocenters. The number of nitrogens with two attached hydrogens (primary N) is 1. The smallest absolute Gasteiger partial charge is 0.243 e. The van der Waals surface area contributed by atoms with Crippen LogP contribution in [0, 0.1) is 0 Å². The Morgan fingerprint density at radius 3 is 3.25 bits per heavy atom. The molecule has 4 nitrogen and oxygen atoms in total. The van der Waals surface area contributed by atoms with Gasteiger partial charge in [0.1, 0.15) is 0 Å². The molecule has 1 aromatic rings. The summed E-state index contributed by atoms with van der Waals surface area (Å²) in [5, 5.41) is 4.46. The number of rotatable bonds is 5. The van der Waals surface area contributed by atoms with Gasteiger partial charge in [-0.15, -0.1) is 0 Å². The van der Waals surface area contributed by atoms with Crippen molar-refractivity contribution in [3.63, 3.8) is 0 Å². The molecule has 2 heterocycles. The van der Waals surface area contributed by atoms with Crippen LogP contribution in [0.3, 0.4) is 0 Å². The molecule has 1 aliphatic rings. The van der Waals surface area contributed by atoms with Crippen molar-refractivity contribution >= 4 is 23.5 Å². The molecule has 0 aliphatic carbocycles. The average molecular weight is 259 g/mol. The van der Waals surface area contributed by atoms with Crippen molar-refractivity contribution in [2.75, 3.05) is 17.8 Å². The van der Waals surface area contributed by atoms with Gasteiger partial charge in [0.25, 0.3) is 0 Å². The molecule has 2 rings (SSSR count). The second-order valence-electron chi connectivity index (χ2n) is 3.88. The Morgan fingerprint density at radius 1 is 1.69 bits per heavy atom. The molecule has 1 aromatic heterocycles. The summed E-state index contributed by atoms with van der Waals surface area (Å²) in [6.45, 7) is 0. The highest BCUT2D eigenvalue weighted by Crippen LogP contribution is 2.38. The first-order valence-electron chi connectivity index (χ1n) is 5.51. The van der Waals surface area contributed by atoms with E-state index in [1.54, 1.807) is 11.8 Å². The van der Waals surface area contributed by atoms with Crippen LogP contribution in [-0.4, -0.2) is 27.9 Å². The highest BCUT2D eigenvalue weighted by molar-refractivity contribution is 7.99. The third-order valence-corrected chi connectivity index (χ3v) is 4.64. The lowest BCUT2D eigenvalue weighted by atomic mass is 10.2. The third-order valence-electron chi connectivity index (χ3n) is 2.63. The highest BCUT2D eigenvalue weighted by Gasteiger charge is 2.24. The summed E-state index contributed by atoms with van der Waals surface area (Å²) in [7, 11) is 0. The van der Waals surface area contributed by atoms with E-state index in [9.17, 15) is 0 Å². The number of hydrogen-bond acceptors (Lipinski definition) is 6. The normalized spacial score (nSPS) is 22.5. The standard InChI is InChI=1S/C10H17N3OS2/c1-15-6-4-7(11)10-12-9(13-14-10)8-3-2-5-16-8/h7-8H,2-6,11H2,1H3/t7-,8?/m0/s1. The Kier molecular flexibility index (Phi) is 4.55. The van der Waals surface area contributed by atoms with Crippen LogP contribution in [0.2, 0.25) is 0 Å². The maximum absolute atomic E-state index is 5.98. The van der Waals surface area contributed by atoms with Gasteiger partial charge in [-0.25, -0.2) is 0 Å². The van der Waals surface area contributed by atoms with Gasteiger partial charge in [-0.2, -0.15) is 28.5 Å². The van der Waals surface area contributed by atoms with E-state index in [4.69, 9.17) is 10.3 Å². The van der Waals surface area contributed by atoms with Gasteiger partial charge >= 0.3 is 0 Å². The van der Waals surface area contributed by atoms with E-state index in [1.165, 1.54) is 12.2 Å². The molecule has 16 heavy (non-hydrogen) atoms. The predicted molar refractivity (Wildman–Crippen MR) is 68.7 cm³/mol. The van der Waals surface area contributed by atoms with E-state index < -0.39 is 0 Å². The maximum atomic E-state index is 5.98. The van der Waals surface area contributed by atoms with Crippen LogP contribution < -0.4 is 5.73 Å². The number of thioether (sulfide) groups is 2. The molecule has 1 fully saturated rings. The lowest BCUT2D eigenvalue weighted by Crippen LogP contribution is -2.11. The number of hydrogen-bond donors (Lipinski definition) is 1. The summed E-state index contributed by atoms with van der Waals surface area (Å²) in [5.41, 5.74) is 5.98. The molecule has 0 spiro atoms. The van der Waals surface area contributed by atoms with Crippen molar-refractivity contribution in [1.82, 2.24) is 10.1 Å². The average Bonchev–Trinajstić information content (AvgIpc) is 2.94. The SMILES string of the molecule is CSCC[C@H](N)c1nc(C2CCCS2)no1. The zero-order valence-corrected chi connectivity index (χ0v) is 11.0. The highest BCUT2D eigenvalue weighted by atomic mass is 32.2. The molecule has 6 heteroatoms. The van der Waals surface area contributed by atoms with E-state index in [0.29, 0.717) is 11.1 Å². The van der Waals surface area contributed by atoms with E-state index in [-0.39, 0.29) is 6.04 Å². The van der Waals surface area contributed by atoms with Gasteiger partial charge in [-0.1, -0.05) is 5.16 Å². The molecule has 1 saturated heterocycles. The first-order valence-corrected chi connectivity index (χ1v) is 7.95. The van der Waals surface area contributed by atoms with Crippen LogP contribution >= 0.6 is 23.5 Å². The van der Waals surface area contributed by atoms with Gasteiger partial charge in [0.15, 0.2) is 5.82 Å². The minimum Gasteiger partial charge on any atom is -0.338 e. The summed E-state index contributed by atoms with van der Waals surface area (Å²) in [6, 6.07) is -0.111. The second kappa shape index (κ2) is 5.93. The van der Waals surface area contributed by atoms with Crippen molar-refractivity contribution in [2.24, 2.45) is 5.73 Å². The topological polar surface area (TPSA) is 64.9 Å². The molecule has 0 radical (unpaired) electrons. The fraction of sp³-hybridized carbons (Fsp3) is 0.800. The lowest BCUT2D eigenvalue weighted by Gasteiger charge is -2.04. The predicted octanol–water partition coefficient (Wildman–Crippen LogP) is 2.39. The van der Waals surface area contributed by atoms with Gasteiger partial charge in [0.05, 0.1) is 11.3 Å². The molecule has 0 amide bonds. The summed E-state index contributed by atoms with van der Waals surface area (Å²) < 4.78 is 5.23. The van der Waals surface area contributed by atoms with Crippen LogP contribution in [0.15, 0.2) is 4.52 Å². The molecular weight excluding hydrogens is 242 g/mol. The Hall–Kier alpha value is -0.200. The Morgan fingerprint density at radius 2 is 2.56 bits per heavy atom. The van der Waals surface area contributed by atoms with E-state index in [0.717, 1.165) is 24.4 Å². The minimum absolute atomic E-state index is 0.111. The van der Waals surface area contributed by atoms with Crippen LogP contribution in [0.1, 0.15) is 42.3 Å². The van der Waals surface area contributed by atoms with Gasteiger partial charge in [0, 0.05) is 0 Å². The maximum Gasteiger partial charge on any atom is 0.243 e. The fourth-order valence-corrected chi connectivity index (χ4v) is 3.36. The molecular formula is C10H17N3OS2. The molecule has 90 valence electrons. The summed E-state index contributed by atoms with van der Waals surface area (Å²) in [4.78, 5) is 4.41. The molecule has 1 aliphatic heterocycles. The fourth-order valence-electron chi connectivity index (χ4n) is 1.68. The minimum atomic E-state index is -0.111. The molecule has 2 N–H and O–H groups in total. The van der Waals surface area contributed by atoms with Crippen molar-refractivity contribution in [1.29, 1.82) is 0 Å². The molecule has 0 bridgehead atoms. The first kappa shape index (κ1) is 12.3. The summed E-state index contributed by atoms with van der Waals surface area (Å²) in [5.74, 6) is 3.65. The van der Waals surface area contributed by atoms with Crippen molar-refractivity contribution in [3.8, 4) is 0 Å². The zero-order chi connectivity index (χ0) is 11.4. The van der Waals surface area contributed by atoms with E-state index in [1.807, 2.05) is 11.8 Å². The Labute approximate surface area is 104 Å². The van der Waals surface area contributed by atoms with Crippen molar-refractivity contribution < 1.29 is 4.52 Å². The van der Waals surface area contributed by atoms with Crippen LogP contribution in [-0.2, 0) is 0 Å². The quantitative estimate of drug-likeness (QED) is 0.876. The first-order chi connectivity index (χ1) is 7.81. The Bertz CT molecular complexity index is 326. The van der Waals surface area contributed by atoms with Crippen molar-refractivity contribution in [2.45, 2.75) is 30.6 Å². The monoisotopic (exact) mass is 259 g/mol. The Balaban J connectivity index is 1.95. The van der Waals surface area contributed by atoms with Crippen molar-refractivity contribution in [3.05, 3.63) is 11.7 Å². The van der Waals surface area contributed by atoms with Gasteiger partial charge in [-0.3, -0.25) is 0 Å². The molecule has 1 unspecified atom stereocenters. The summed E-state index contributed by atoms with van der Waals surface area (Å²) in [6.07, 6.45) is 5.36. The van der Waals surface area contributed by atoms with E-state index >= 15 is 0 Å². The van der Waals surface area contributed by atoms with Crippen LogP contribution in [0.5, 0.6) is 0 Å². The number of aromatic nitrogens is 2. The van der Waals surface area contributed by atoms with Gasteiger partial charge in [0.2, 0.25) is 5.89 Å². The molecule has 0 aromatic carbocycles. The van der Waals surface area contributed by atoms with E-state index in [2.05, 4.69) is 16.4 Å². The lowest BCUT2D eigenvalue weighted by molar-refractivity contribution is 0.348. The van der Waals surface area contributed by atoms with Gasteiger partial charge < -0.3 is 10.3 Å². The number of nitrogens with zero attached hydrogens (tertiary/aromatic N) is 2. The molecule has 0 saturated carbocycles. The third kappa shape index (κ3) is 2.93.